The van der Waals surface area contributed by atoms with E-state index in [9.17, 15) is 9.90 Å². The third kappa shape index (κ3) is 3.14. The van der Waals surface area contributed by atoms with Gasteiger partial charge in [0, 0.05) is 23.4 Å². The van der Waals surface area contributed by atoms with Gasteiger partial charge < -0.3 is 9.84 Å². The van der Waals surface area contributed by atoms with E-state index in [2.05, 4.69) is 21.0 Å². The molecule has 1 aliphatic rings. The monoisotopic (exact) mass is 388 g/mol. The molecule has 0 spiro atoms. The number of phenolic OH excluding ortho intramolecular Hbond substituents is 1. The molecule has 0 aliphatic carbocycles. The van der Waals surface area contributed by atoms with Gasteiger partial charge in [-0.1, -0.05) is 15.9 Å². The number of aromatic hydroxyl groups is 1. The summed E-state index contributed by atoms with van der Waals surface area (Å²) in [7, 11) is 1.62. The zero-order valence-corrected chi connectivity index (χ0v) is 14.9. The van der Waals surface area contributed by atoms with Crippen molar-refractivity contribution in [3.8, 4) is 11.5 Å². The van der Waals surface area contributed by atoms with Gasteiger partial charge >= 0.3 is 0 Å². The molecule has 1 amide bonds. The Morgan fingerprint density at radius 2 is 2.00 bits per heavy atom. The first-order chi connectivity index (χ1) is 11.5. The molecule has 2 aromatic carbocycles. The summed E-state index contributed by atoms with van der Waals surface area (Å²) >= 11 is 3.41. The van der Waals surface area contributed by atoms with Crippen molar-refractivity contribution in [2.45, 2.75) is 19.4 Å². The molecular weight excluding hydrogens is 372 g/mol. The zero-order chi connectivity index (χ0) is 17.3. The lowest BCUT2D eigenvalue weighted by Crippen LogP contribution is -2.24. The molecule has 0 radical (unpaired) electrons. The number of benzene rings is 2. The minimum atomic E-state index is -0.322. The van der Waals surface area contributed by atoms with Crippen LogP contribution in [0.4, 0.5) is 0 Å². The first kappa shape index (κ1) is 16.5. The van der Waals surface area contributed by atoms with E-state index in [4.69, 9.17) is 4.74 Å². The van der Waals surface area contributed by atoms with Crippen molar-refractivity contribution < 1.29 is 14.6 Å². The van der Waals surface area contributed by atoms with Crippen LogP contribution < -0.4 is 4.74 Å². The fourth-order valence-corrected chi connectivity index (χ4v) is 3.17. The van der Waals surface area contributed by atoms with Crippen LogP contribution in [0.15, 0.2) is 52.0 Å². The fourth-order valence-electron chi connectivity index (χ4n) is 2.79. The molecule has 1 aliphatic heterocycles. The summed E-state index contributed by atoms with van der Waals surface area (Å²) in [6, 6.07) is 12.4. The Morgan fingerprint density at radius 1 is 1.29 bits per heavy atom. The minimum Gasteiger partial charge on any atom is -0.508 e. The normalized spacial score (nSPS) is 16.9. The van der Waals surface area contributed by atoms with Gasteiger partial charge in [0.25, 0.3) is 0 Å². The Bertz CT molecular complexity index is 802. The number of amides is 1. The summed E-state index contributed by atoms with van der Waals surface area (Å²) in [5, 5.41) is 16.1. The molecule has 1 atom stereocenters. The van der Waals surface area contributed by atoms with Crippen LogP contribution in [0.2, 0.25) is 0 Å². The molecule has 1 heterocycles. The van der Waals surface area contributed by atoms with Gasteiger partial charge in [0.2, 0.25) is 5.91 Å². The van der Waals surface area contributed by atoms with Crippen molar-refractivity contribution in [2.24, 2.45) is 5.10 Å². The largest absolute Gasteiger partial charge is 0.508 e. The van der Waals surface area contributed by atoms with Gasteiger partial charge in [-0.05, 0) is 48.0 Å². The molecule has 24 heavy (non-hydrogen) atoms. The molecule has 0 aromatic heterocycles. The van der Waals surface area contributed by atoms with Gasteiger partial charge in [0.05, 0.1) is 18.9 Å². The van der Waals surface area contributed by atoms with Crippen molar-refractivity contribution in [2.75, 3.05) is 7.11 Å². The number of hydrogen-bond acceptors (Lipinski definition) is 4. The van der Waals surface area contributed by atoms with E-state index in [0.29, 0.717) is 12.0 Å². The van der Waals surface area contributed by atoms with Crippen LogP contribution in [-0.2, 0) is 4.79 Å². The van der Waals surface area contributed by atoms with Crippen LogP contribution in [0.5, 0.6) is 11.5 Å². The number of carbonyl (C=O) groups excluding carboxylic acids is 1. The summed E-state index contributed by atoms with van der Waals surface area (Å²) in [5.74, 6) is 0.755. The van der Waals surface area contributed by atoms with Crippen LogP contribution >= 0.6 is 15.9 Å². The molecule has 0 bridgehead atoms. The van der Waals surface area contributed by atoms with Crippen LogP contribution in [0.25, 0.3) is 0 Å². The molecule has 0 unspecified atom stereocenters. The lowest BCUT2D eigenvalue weighted by atomic mass is 9.97. The first-order valence-corrected chi connectivity index (χ1v) is 8.29. The van der Waals surface area contributed by atoms with E-state index in [-0.39, 0.29) is 17.7 Å². The molecular formula is C18H17BrN2O3. The van der Waals surface area contributed by atoms with Gasteiger partial charge in [-0.25, -0.2) is 5.01 Å². The maximum Gasteiger partial charge on any atom is 0.240 e. The smallest absolute Gasteiger partial charge is 0.240 e. The topological polar surface area (TPSA) is 62.1 Å². The van der Waals surface area contributed by atoms with Gasteiger partial charge in [0.15, 0.2) is 0 Å². The second kappa shape index (κ2) is 6.65. The number of rotatable bonds is 3. The zero-order valence-electron chi connectivity index (χ0n) is 13.4. The van der Waals surface area contributed by atoms with Gasteiger partial charge in [-0.15, -0.1) is 0 Å². The Labute approximate surface area is 148 Å². The van der Waals surface area contributed by atoms with Crippen molar-refractivity contribution >= 4 is 27.5 Å². The number of nitrogens with zero attached hydrogens (tertiary/aromatic N) is 2. The summed E-state index contributed by atoms with van der Waals surface area (Å²) in [6.07, 6.45) is 0.538. The molecule has 1 N–H and O–H groups in total. The molecule has 6 heteroatoms. The average molecular weight is 389 g/mol. The number of carbonyl (C=O) groups is 1. The van der Waals surface area contributed by atoms with Crippen LogP contribution in [-0.4, -0.2) is 28.8 Å². The predicted octanol–water partition coefficient (Wildman–Crippen LogP) is 3.86. The third-order valence-electron chi connectivity index (χ3n) is 4.00. The molecule has 2 aromatic rings. The van der Waals surface area contributed by atoms with Gasteiger partial charge in [0.1, 0.15) is 11.5 Å². The second-order valence-corrected chi connectivity index (χ2v) is 6.48. The summed E-state index contributed by atoms with van der Waals surface area (Å²) in [4.78, 5) is 12.0. The number of ether oxygens (including phenoxy) is 1. The molecule has 5 nitrogen and oxygen atoms in total. The number of halogens is 1. The Kier molecular flexibility index (Phi) is 4.57. The SMILES string of the molecule is COc1ccc(C2=NN(C(C)=O)[C@@H](c3cc(Br)ccc3O)C2)cc1. The Hall–Kier alpha value is -2.34. The van der Waals surface area contributed by atoms with Crippen molar-refractivity contribution in [3.05, 3.63) is 58.1 Å². The van der Waals surface area contributed by atoms with Crippen molar-refractivity contribution in [1.29, 1.82) is 0 Å². The van der Waals surface area contributed by atoms with E-state index in [1.165, 1.54) is 11.9 Å². The highest BCUT2D eigenvalue weighted by Gasteiger charge is 2.33. The number of hydrogen-bond donors (Lipinski definition) is 1. The number of hydrazone groups is 1. The van der Waals surface area contributed by atoms with E-state index in [0.717, 1.165) is 21.5 Å². The summed E-state index contributed by atoms with van der Waals surface area (Å²) in [6.45, 7) is 1.47. The summed E-state index contributed by atoms with van der Waals surface area (Å²) < 4.78 is 6.01. The highest BCUT2D eigenvalue weighted by molar-refractivity contribution is 9.10. The second-order valence-electron chi connectivity index (χ2n) is 5.56. The number of phenols is 1. The van der Waals surface area contributed by atoms with E-state index in [1.54, 1.807) is 19.2 Å². The van der Waals surface area contributed by atoms with E-state index >= 15 is 0 Å². The lowest BCUT2D eigenvalue weighted by Gasteiger charge is -2.21. The first-order valence-electron chi connectivity index (χ1n) is 7.49. The molecule has 0 saturated carbocycles. The van der Waals surface area contributed by atoms with E-state index in [1.807, 2.05) is 30.3 Å². The Balaban J connectivity index is 1.96. The molecule has 3 rings (SSSR count). The third-order valence-corrected chi connectivity index (χ3v) is 4.50. The Morgan fingerprint density at radius 3 is 2.62 bits per heavy atom. The van der Waals surface area contributed by atoms with E-state index < -0.39 is 0 Å². The highest BCUT2D eigenvalue weighted by Crippen LogP contribution is 2.38. The number of methoxy groups -OCH3 is 1. The maximum atomic E-state index is 12.0. The fraction of sp³-hybridized carbons (Fsp3) is 0.222. The summed E-state index contributed by atoms with van der Waals surface area (Å²) in [5.41, 5.74) is 2.41. The van der Waals surface area contributed by atoms with Gasteiger partial charge in [-0.2, -0.15) is 5.10 Å². The van der Waals surface area contributed by atoms with Gasteiger partial charge in [-0.3, -0.25) is 4.79 Å². The molecule has 0 saturated heterocycles. The van der Waals surface area contributed by atoms with Crippen LogP contribution in [0, 0.1) is 0 Å². The highest BCUT2D eigenvalue weighted by atomic mass is 79.9. The molecule has 124 valence electrons. The molecule has 0 fully saturated rings. The predicted molar refractivity (Wildman–Crippen MR) is 95.2 cm³/mol. The van der Waals surface area contributed by atoms with Crippen molar-refractivity contribution in [3.63, 3.8) is 0 Å². The van der Waals surface area contributed by atoms with Crippen LogP contribution in [0.3, 0.4) is 0 Å². The minimum absolute atomic E-state index is 0.153. The van der Waals surface area contributed by atoms with Crippen molar-refractivity contribution in [1.82, 2.24) is 5.01 Å². The maximum absolute atomic E-state index is 12.0. The van der Waals surface area contributed by atoms with Crippen LogP contribution in [0.1, 0.15) is 30.5 Å². The standard InChI is InChI=1S/C18H17BrN2O3/c1-11(22)21-17(15-9-13(19)5-8-18(15)23)10-16(20-21)12-3-6-14(24-2)7-4-12/h3-9,17,23H,10H2,1-2H3/t17-/m1/s1. The average Bonchev–Trinajstić information content (AvgIpc) is 3.02. The lowest BCUT2D eigenvalue weighted by molar-refractivity contribution is -0.130. The quantitative estimate of drug-likeness (QED) is 0.867.